The second kappa shape index (κ2) is 22.2. The summed E-state index contributed by atoms with van der Waals surface area (Å²) >= 11 is 0. The smallest absolute Gasteiger partial charge is 0.177 e. The third-order valence-electron chi connectivity index (χ3n) is 15.9. The third-order valence-corrected chi connectivity index (χ3v) is 15.9. The number of Topliss-reactive ketones (excluding diaryl/α,β-unsaturated/α-hetero) is 2. The van der Waals surface area contributed by atoms with Crippen LogP contribution in [0, 0.1) is 82.9 Å². The molecule has 6 aliphatic rings. The van der Waals surface area contributed by atoms with Gasteiger partial charge in [-0.05, 0) is 119 Å². The van der Waals surface area contributed by atoms with Crippen molar-refractivity contribution >= 4 is 17.8 Å². The van der Waals surface area contributed by atoms with Gasteiger partial charge in [-0.25, -0.2) is 0 Å². The van der Waals surface area contributed by atoms with Gasteiger partial charge in [-0.1, -0.05) is 44.4 Å². The van der Waals surface area contributed by atoms with Crippen molar-refractivity contribution in [3.8, 4) is 11.8 Å². The lowest BCUT2D eigenvalue weighted by Crippen LogP contribution is -2.94. The summed E-state index contributed by atoms with van der Waals surface area (Å²) in [5, 5.41) is 28.0. The van der Waals surface area contributed by atoms with Gasteiger partial charge in [0.05, 0.1) is 57.2 Å². The molecule has 2 heterocycles. The number of aliphatic imine (C=N–C) groups is 1. The number of ketones is 2. The van der Waals surface area contributed by atoms with E-state index in [0.29, 0.717) is 49.4 Å². The van der Waals surface area contributed by atoms with Crippen LogP contribution in [0.2, 0.25) is 0 Å². The molecule has 8 N–H and O–H groups in total. The summed E-state index contributed by atoms with van der Waals surface area (Å²) in [6, 6.07) is 0. The van der Waals surface area contributed by atoms with E-state index in [-0.39, 0.29) is 71.7 Å². The molecule has 58 heavy (non-hydrogen) atoms. The van der Waals surface area contributed by atoms with Crippen LogP contribution in [0.3, 0.4) is 0 Å². The highest BCUT2D eigenvalue weighted by molar-refractivity contribution is 6.00. The quantitative estimate of drug-likeness (QED) is 0.0932. The molecule has 0 radical (unpaired) electrons. The molecule has 14 atom stereocenters. The molecule has 324 valence electrons. The molecule has 4 aliphatic carbocycles. The highest BCUT2D eigenvalue weighted by Crippen LogP contribution is 2.48. The molecule has 4 fully saturated rings. The highest BCUT2D eigenvalue weighted by Gasteiger charge is 2.45. The van der Waals surface area contributed by atoms with Gasteiger partial charge in [-0.15, -0.1) is 4.99 Å². The normalized spacial score (nSPS) is 36.9. The Labute approximate surface area is 351 Å². The zero-order chi connectivity index (χ0) is 41.2. The number of rotatable bonds is 14. The summed E-state index contributed by atoms with van der Waals surface area (Å²) in [7, 11) is 3.80. The number of carbonyl (C=O) groups is 2. The molecule has 9 heteroatoms. The summed E-state index contributed by atoms with van der Waals surface area (Å²) in [5.74, 6) is 11.4. The van der Waals surface area contributed by atoms with Crippen molar-refractivity contribution in [2.75, 3.05) is 27.2 Å². The summed E-state index contributed by atoms with van der Waals surface area (Å²) in [6.45, 7) is 6.60. The second-order valence-corrected chi connectivity index (χ2v) is 20.0. The number of ether oxygens (including phenoxy) is 1. The monoisotopic (exact) mass is 806 g/mol. The Morgan fingerprint density at radius 3 is 2.57 bits per heavy atom. The van der Waals surface area contributed by atoms with Crippen LogP contribution in [-0.4, -0.2) is 79.7 Å². The molecule has 0 aromatic rings. The maximum absolute atomic E-state index is 14.7. The van der Waals surface area contributed by atoms with Crippen molar-refractivity contribution < 1.29 is 35.2 Å². The maximum atomic E-state index is 14.7. The number of methoxy groups -OCH3 is 1. The van der Waals surface area contributed by atoms with E-state index < -0.39 is 12.2 Å². The van der Waals surface area contributed by atoms with Crippen LogP contribution in [0.1, 0.15) is 142 Å². The molecule has 2 aliphatic heterocycles. The van der Waals surface area contributed by atoms with E-state index in [1.807, 2.05) is 6.21 Å². The first kappa shape index (κ1) is 45.5. The van der Waals surface area contributed by atoms with Gasteiger partial charge >= 0.3 is 0 Å². The molecule has 0 aromatic carbocycles. The molecule has 9 nitrogen and oxygen atoms in total. The number of piperidine rings is 1. The van der Waals surface area contributed by atoms with Crippen molar-refractivity contribution in [1.29, 1.82) is 0 Å². The van der Waals surface area contributed by atoms with Crippen molar-refractivity contribution in [3.05, 3.63) is 17.7 Å². The van der Waals surface area contributed by atoms with E-state index in [4.69, 9.17) is 15.5 Å². The Balaban J connectivity index is 1.33. The first-order valence-electron chi connectivity index (χ1n) is 24.0. The minimum atomic E-state index is -0.558. The lowest BCUT2D eigenvalue weighted by Gasteiger charge is -2.44. The van der Waals surface area contributed by atoms with Crippen molar-refractivity contribution in [2.45, 2.75) is 167 Å². The zero-order valence-electron chi connectivity index (χ0n) is 36.7. The fourth-order valence-electron chi connectivity index (χ4n) is 12.7. The molecular formula is C49H81N4O5+3. The average molecular weight is 806 g/mol. The van der Waals surface area contributed by atoms with Crippen LogP contribution < -0.4 is 16.4 Å². The fraction of sp³-hybridized carbons (Fsp3) is 0.837. The molecule has 0 spiro atoms. The number of allylic oxidation sites excluding steroid dienone is 1. The zero-order valence-corrected chi connectivity index (χ0v) is 36.7. The Bertz CT molecular complexity index is 1450. The first-order chi connectivity index (χ1) is 28.1. The summed E-state index contributed by atoms with van der Waals surface area (Å²) in [5.41, 5.74) is 7.47. The van der Waals surface area contributed by atoms with Gasteiger partial charge in [0, 0.05) is 44.1 Å². The summed E-state index contributed by atoms with van der Waals surface area (Å²) in [4.78, 5) is 33.3. The predicted octanol–water partition coefficient (Wildman–Crippen LogP) is 5.14. The number of nitrogens with two attached hydrogens (primary N) is 3. The topological polar surface area (TPSA) is 155 Å². The number of nitrogens with zero attached hydrogens (tertiary/aromatic N) is 1. The Kier molecular flexibility index (Phi) is 17.4. The van der Waals surface area contributed by atoms with E-state index in [9.17, 15) is 19.8 Å². The van der Waals surface area contributed by atoms with Crippen LogP contribution in [-0.2, 0) is 14.3 Å². The third kappa shape index (κ3) is 12.1. The Morgan fingerprint density at radius 2 is 1.83 bits per heavy atom. The first-order valence-corrected chi connectivity index (χ1v) is 24.0. The molecule has 1 saturated heterocycles. The highest BCUT2D eigenvalue weighted by atomic mass is 16.5. The van der Waals surface area contributed by atoms with E-state index in [0.717, 1.165) is 95.8 Å². The van der Waals surface area contributed by atoms with Gasteiger partial charge in [0.2, 0.25) is 0 Å². The second-order valence-electron chi connectivity index (χ2n) is 20.0. The molecule has 0 amide bonds. The summed E-state index contributed by atoms with van der Waals surface area (Å²) < 4.78 is 5.78. The molecule has 6 rings (SSSR count). The van der Waals surface area contributed by atoms with Gasteiger partial charge in [0.15, 0.2) is 5.70 Å². The van der Waals surface area contributed by atoms with Crippen LogP contribution >= 0.6 is 0 Å². The molecule has 0 bridgehead atoms. The SMILES string of the molecule is CCC[C@@H]([C@@H]1C[C@H](CC2CC[NH2+]C(N)C2)C[C@@H]2C#C[C@H](C3CCCCC3)C3CC(O)C(OC)CC3CCC(=O)CC(=O)[C@@H]2C1)[C@H](O)CC1=C[C+]([C@H](C)CC[NH2+]C)C=N1. The molecule has 6 unspecified atom stereocenters. The number of fused-ring (bicyclic) bond motifs is 2. The number of aliphatic hydroxyl groups is 2. The number of hydrogen-bond acceptors (Lipinski definition) is 7. The Morgan fingerprint density at radius 1 is 1.02 bits per heavy atom. The molecule has 3 saturated carbocycles. The van der Waals surface area contributed by atoms with Crippen molar-refractivity contribution in [2.24, 2.45) is 75.8 Å². The lowest BCUT2D eigenvalue weighted by atomic mass is 9.63. The van der Waals surface area contributed by atoms with Crippen LogP contribution in [0.15, 0.2) is 16.8 Å². The number of carbonyl (C=O) groups excluding carboxylic acids is 2. The lowest BCUT2D eigenvalue weighted by molar-refractivity contribution is -0.699. The van der Waals surface area contributed by atoms with E-state index in [1.54, 1.807) is 7.11 Å². The maximum Gasteiger partial charge on any atom is 0.177 e. The van der Waals surface area contributed by atoms with Crippen molar-refractivity contribution in [1.82, 2.24) is 0 Å². The van der Waals surface area contributed by atoms with Gasteiger partial charge in [0.25, 0.3) is 0 Å². The minimum Gasteiger partial charge on any atom is -0.391 e. The van der Waals surface area contributed by atoms with Gasteiger partial charge < -0.3 is 25.6 Å². The van der Waals surface area contributed by atoms with Crippen molar-refractivity contribution in [3.63, 3.8) is 0 Å². The number of quaternary nitrogens is 2. The minimum absolute atomic E-state index is 0.0253. The van der Waals surface area contributed by atoms with Gasteiger partial charge in [0.1, 0.15) is 35.9 Å². The largest absolute Gasteiger partial charge is 0.391 e. The fourth-order valence-corrected chi connectivity index (χ4v) is 12.7. The van der Waals surface area contributed by atoms with E-state index in [2.05, 4.69) is 49.4 Å². The molecule has 0 aromatic heterocycles. The van der Waals surface area contributed by atoms with Gasteiger partial charge in [-0.2, -0.15) is 0 Å². The van der Waals surface area contributed by atoms with E-state index in [1.165, 1.54) is 25.2 Å². The molecular weight excluding hydrogens is 725 g/mol. The van der Waals surface area contributed by atoms with Crippen LogP contribution in [0.4, 0.5) is 0 Å². The standard InChI is InChI=1S/C49H79N4O5/c1-5-9-42(45(55)27-39-24-38(30-53-39)31(2)16-18-51-3)37-22-33(20-32-17-19-52-49(50)23-32)21-35-13-15-41(34-10-7-6-8-11-34)43-29-47(57)48(58-4)26-36(43)12-14-40(54)28-46(56)44(35)25-37/h24,30-37,41-45,47-49,51-52,55,57H,5-12,14,16-23,25-29,50H2,1-4H3/q+1/p+2/t31-,32?,33-,35+,36?,37-,41-,42+,43?,44-,45-,47?,48?,49?/m1/s1. The summed E-state index contributed by atoms with van der Waals surface area (Å²) in [6.07, 6.45) is 20.8. The van der Waals surface area contributed by atoms with Gasteiger partial charge in [-0.3, -0.25) is 15.3 Å². The van der Waals surface area contributed by atoms with E-state index >= 15 is 0 Å². The predicted molar refractivity (Wildman–Crippen MR) is 230 cm³/mol. The average Bonchev–Trinajstić information content (AvgIpc) is 3.60. The number of hydrogen-bond donors (Lipinski definition) is 5. The van der Waals surface area contributed by atoms with Crippen LogP contribution in [0.5, 0.6) is 0 Å². The Hall–Kier alpha value is -2.06. The van der Waals surface area contributed by atoms with Crippen LogP contribution in [0.25, 0.3) is 0 Å². The number of aliphatic hydroxyl groups excluding tert-OH is 2.